The Kier molecular flexibility index (Phi) is 3.68. The smallest absolute Gasteiger partial charge is 0.245 e. The van der Waals surface area contributed by atoms with E-state index in [1.165, 1.54) is 6.92 Å². The number of carbonyl (C=O) groups excluding carboxylic acids is 2. The highest BCUT2D eigenvalue weighted by atomic mass is 16.5. The fourth-order valence-electron chi connectivity index (χ4n) is 3.04. The van der Waals surface area contributed by atoms with E-state index in [1.54, 1.807) is 25.0 Å². The van der Waals surface area contributed by atoms with Gasteiger partial charge in [-0.1, -0.05) is 30.3 Å². The van der Waals surface area contributed by atoms with Gasteiger partial charge in [0.1, 0.15) is 16.9 Å². The molecule has 0 fully saturated rings. The molecule has 2 aromatic carbocycles. The molecule has 0 bridgehead atoms. The number of rotatable bonds is 4. The molecule has 1 heterocycles. The standard InChI is InChI=1S/C19H19NO3/c1-13(21)19(2)16-11-15(23-3)9-10-17(16)20(18(19)22)12-14-7-5-4-6-8-14/h4-11H,12H2,1-3H3. The zero-order valence-electron chi connectivity index (χ0n) is 13.5. The summed E-state index contributed by atoms with van der Waals surface area (Å²) in [5.74, 6) is 0.301. The van der Waals surface area contributed by atoms with Crippen molar-refractivity contribution in [2.24, 2.45) is 0 Å². The van der Waals surface area contributed by atoms with Gasteiger partial charge in [0.2, 0.25) is 5.91 Å². The highest BCUT2D eigenvalue weighted by Gasteiger charge is 2.50. The highest BCUT2D eigenvalue weighted by Crippen LogP contribution is 2.44. The Bertz CT molecular complexity index is 769. The van der Waals surface area contributed by atoms with E-state index in [9.17, 15) is 9.59 Å². The van der Waals surface area contributed by atoms with Crippen LogP contribution in [0.5, 0.6) is 5.75 Å². The maximum atomic E-state index is 13.0. The average molecular weight is 309 g/mol. The molecule has 1 unspecified atom stereocenters. The van der Waals surface area contributed by atoms with E-state index in [0.717, 1.165) is 11.3 Å². The fraction of sp³-hybridized carbons (Fsp3) is 0.263. The van der Waals surface area contributed by atoms with E-state index >= 15 is 0 Å². The average Bonchev–Trinajstić information content (AvgIpc) is 2.78. The van der Waals surface area contributed by atoms with Crippen LogP contribution in [-0.2, 0) is 21.5 Å². The molecule has 1 aliphatic rings. The predicted octanol–water partition coefficient (Wildman–Crippen LogP) is 3.09. The SMILES string of the molecule is COc1ccc2c(c1)C(C)(C(C)=O)C(=O)N2Cc1ccccc1. The summed E-state index contributed by atoms with van der Waals surface area (Å²) in [4.78, 5) is 26.9. The Morgan fingerprint density at radius 2 is 1.87 bits per heavy atom. The van der Waals surface area contributed by atoms with Crippen LogP contribution in [0.15, 0.2) is 48.5 Å². The molecule has 0 saturated heterocycles. The largest absolute Gasteiger partial charge is 0.497 e. The van der Waals surface area contributed by atoms with Crippen molar-refractivity contribution in [3.63, 3.8) is 0 Å². The summed E-state index contributed by atoms with van der Waals surface area (Å²) >= 11 is 0. The second-order valence-corrected chi connectivity index (χ2v) is 5.94. The molecular formula is C19H19NO3. The lowest BCUT2D eigenvalue weighted by Crippen LogP contribution is -2.42. The maximum absolute atomic E-state index is 13.0. The summed E-state index contributed by atoms with van der Waals surface area (Å²) in [5, 5.41) is 0. The first-order valence-corrected chi connectivity index (χ1v) is 7.54. The molecule has 118 valence electrons. The first kappa shape index (κ1) is 15.3. The van der Waals surface area contributed by atoms with Crippen LogP contribution in [-0.4, -0.2) is 18.8 Å². The number of hydrogen-bond acceptors (Lipinski definition) is 3. The first-order chi connectivity index (χ1) is 11.0. The number of benzene rings is 2. The molecule has 3 rings (SSSR count). The molecule has 0 N–H and O–H groups in total. The van der Waals surface area contributed by atoms with Crippen LogP contribution in [0, 0.1) is 0 Å². The first-order valence-electron chi connectivity index (χ1n) is 7.54. The predicted molar refractivity (Wildman–Crippen MR) is 88.7 cm³/mol. The zero-order chi connectivity index (χ0) is 16.6. The number of amides is 1. The van der Waals surface area contributed by atoms with Crippen molar-refractivity contribution in [1.29, 1.82) is 0 Å². The third kappa shape index (κ3) is 2.31. The van der Waals surface area contributed by atoms with Crippen molar-refractivity contribution in [3.05, 3.63) is 59.7 Å². The summed E-state index contributed by atoms with van der Waals surface area (Å²) in [6.45, 7) is 3.61. The highest BCUT2D eigenvalue weighted by molar-refractivity contribution is 6.21. The van der Waals surface area contributed by atoms with E-state index in [0.29, 0.717) is 17.9 Å². The van der Waals surface area contributed by atoms with Crippen molar-refractivity contribution in [2.45, 2.75) is 25.8 Å². The van der Waals surface area contributed by atoms with Crippen molar-refractivity contribution < 1.29 is 14.3 Å². The minimum atomic E-state index is -1.15. The van der Waals surface area contributed by atoms with Crippen LogP contribution >= 0.6 is 0 Å². The molecule has 1 aliphatic heterocycles. The molecule has 4 nitrogen and oxygen atoms in total. The summed E-state index contributed by atoms with van der Waals surface area (Å²) in [6.07, 6.45) is 0. The fourth-order valence-corrected chi connectivity index (χ4v) is 3.04. The van der Waals surface area contributed by atoms with Gasteiger partial charge in [0.05, 0.1) is 13.7 Å². The van der Waals surface area contributed by atoms with E-state index < -0.39 is 5.41 Å². The van der Waals surface area contributed by atoms with Gasteiger partial charge in [-0.25, -0.2) is 0 Å². The molecule has 0 spiro atoms. The Morgan fingerprint density at radius 1 is 1.17 bits per heavy atom. The van der Waals surface area contributed by atoms with Crippen LogP contribution < -0.4 is 9.64 Å². The van der Waals surface area contributed by atoms with E-state index in [4.69, 9.17) is 4.74 Å². The minimum absolute atomic E-state index is 0.160. The molecule has 4 heteroatoms. The van der Waals surface area contributed by atoms with Crippen molar-refractivity contribution in [2.75, 3.05) is 12.0 Å². The van der Waals surface area contributed by atoms with Gasteiger partial charge < -0.3 is 9.64 Å². The molecule has 23 heavy (non-hydrogen) atoms. The Balaban J connectivity index is 2.10. The lowest BCUT2D eigenvalue weighted by Gasteiger charge is -2.22. The molecule has 0 aromatic heterocycles. The Morgan fingerprint density at radius 3 is 2.48 bits per heavy atom. The van der Waals surface area contributed by atoms with Gasteiger partial charge in [-0.3, -0.25) is 9.59 Å². The van der Waals surface area contributed by atoms with Crippen molar-refractivity contribution in [1.82, 2.24) is 0 Å². The number of anilines is 1. The van der Waals surface area contributed by atoms with Gasteiger partial charge in [-0.2, -0.15) is 0 Å². The van der Waals surface area contributed by atoms with Crippen LogP contribution in [0.25, 0.3) is 0 Å². The van der Waals surface area contributed by atoms with Crippen LogP contribution in [0.1, 0.15) is 25.0 Å². The Hall–Kier alpha value is -2.62. The Labute approximate surface area is 135 Å². The number of ketones is 1. The lowest BCUT2D eigenvalue weighted by molar-refractivity contribution is -0.132. The monoisotopic (exact) mass is 309 g/mol. The summed E-state index contributed by atoms with van der Waals surface area (Å²) in [7, 11) is 1.57. The molecular weight excluding hydrogens is 290 g/mol. The van der Waals surface area contributed by atoms with Crippen molar-refractivity contribution >= 4 is 17.4 Å². The summed E-state index contributed by atoms with van der Waals surface area (Å²) < 4.78 is 5.26. The summed E-state index contributed by atoms with van der Waals surface area (Å²) in [6, 6.07) is 15.2. The van der Waals surface area contributed by atoms with Crippen LogP contribution in [0.4, 0.5) is 5.69 Å². The number of fused-ring (bicyclic) bond motifs is 1. The summed E-state index contributed by atoms with van der Waals surface area (Å²) in [5.41, 5.74) is 1.36. The zero-order valence-corrected chi connectivity index (χ0v) is 13.5. The van der Waals surface area contributed by atoms with Gasteiger partial charge in [-0.15, -0.1) is 0 Å². The molecule has 0 radical (unpaired) electrons. The van der Waals surface area contributed by atoms with Gasteiger partial charge >= 0.3 is 0 Å². The number of carbonyl (C=O) groups is 2. The number of methoxy groups -OCH3 is 1. The second-order valence-electron chi connectivity index (χ2n) is 5.94. The number of nitrogens with zero attached hydrogens (tertiary/aromatic N) is 1. The molecule has 2 aromatic rings. The molecule has 1 amide bonds. The van der Waals surface area contributed by atoms with Gasteiger partial charge in [0.25, 0.3) is 0 Å². The van der Waals surface area contributed by atoms with Crippen LogP contribution in [0.3, 0.4) is 0 Å². The topological polar surface area (TPSA) is 46.6 Å². The van der Waals surface area contributed by atoms with Gasteiger partial charge in [0, 0.05) is 11.3 Å². The van der Waals surface area contributed by atoms with E-state index in [1.807, 2.05) is 42.5 Å². The third-order valence-corrected chi connectivity index (χ3v) is 4.59. The van der Waals surface area contributed by atoms with E-state index in [-0.39, 0.29) is 11.7 Å². The minimum Gasteiger partial charge on any atom is -0.497 e. The second kappa shape index (κ2) is 5.54. The third-order valence-electron chi connectivity index (χ3n) is 4.59. The number of ether oxygens (including phenoxy) is 1. The normalized spacial score (nSPS) is 19.6. The molecule has 1 atom stereocenters. The number of hydrogen-bond donors (Lipinski definition) is 0. The van der Waals surface area contributed by atoms with Gasteiger partial charge in [0.15, 0.2) is 0 Å². The van der Waals surface area contributed by atoms with E-state index in [2.05, 4.69) is 0 Å². The lowest BCUT2D eigenvalue weighted by atomic mass is 9.80. The molecule has 0 aliphatic carbocycles. The molecule has 0 saturated carbocycles. The van der Waals surface area contributed by atoms with Crippen molar-refractivity contribution in [3.8, 4) is 5.75 Å². The quantitative estimate of drug-likeness (QED) is 0.815. The maximum Gasteiger partial charge on any atom is 0.245 e. The van der Waals surface area contributed by atoms with Gasteiger partial charge in [-0.05, 0) is 37.6 Å². The number of Topliss-reactive ketones (excluding diaryl/α,β-unsaturated/α-hetero) is 1. The van der Waals surface area contributed by atoms with Crippen LogP contribution in [0.2, 0.25) is 0 Å².